The minimum Gasteiger partial charge on any atom is -0.508 e. The summed E-state index contributed by atoms with van der Waals surface area (Å²) in [4.78, 5) is 63.4. The van der Waals surface area contributed by atoms with Crippen molar-refractivity contribution in [3.63, 3.8) is 0 Å². The van der Waals surface area contributed by atoms with Crippen molar-refractivity contribution in [1.82, 2.24) is 10.6 Å². The molecule has 9 nitrogen and oxygen atoms in total. The summed E-state index contributed by atoms with van der Waals surface area (Å²) in [5.41, 5.74) is 1.50. The summed E-state index contributed by atoms with van der Waals surface area (Å²) in [6, 6.07) is 13.7. The summed E-state index contributed by atoms with van der Waals surface area (Å²) in [7, 11) is 0. The highest BCUT2D eigenvalue weighted by Gasteiger charge is 2.32. The number of ketones is 2. The van der Waals surface area contributed by atoms with Crippen LogP contribution >= 0.6 is 0 Å². The Kier molecular flexibility index (Phi) is 12.1. The fourth-order valence-corrected chi connectivity index (χ4v) is 5.15. The van der Waals surface area contributed by atoms with E-state index in [4.69, 9.17) is 4.74 Å². The predicted octanol–water partition coefficient (Wildman–Crippen LogP) is 4.29. The number of nitrogens with one attached hydrogen (secondary N) is 2. The van der Waals surface area contributed by atoms with Gasteiger partial charge in [-0.15, -0.1) is 0 Å². The molecular weight excluding hydrogens is 524 g/mol. The van der Waals surface area contributed by atoms with E-state index >= 15 is 0 Å². The normalized spacial score (nSPS) is 17.0. The van der Waals surface area contributed by atoms with Crippen molar-refractivity contribution >= 4 is 29.9 Å². The van der Waals surface area contributed by atoms with Crippen molar-refractivity contribution < 1.29 is 33.8 Å². The molecule has 0 aromatic heterocycles. The van der Waals surface area contributed by atoms with E-state index in [0.29, 0.717) is 31.1 Å². The van der Waals surface area contributed by atoms with Crippen molar-refractivity contribution in [2.75, 3.05) is 0 Å². The van der Waals surface area contributed by atoms with Gasteiger partial charge in [0.25, 0.3) is 0 Å². The fourth-order valence-electron chi connectivity index (χ4n) is 5.15. The van der Waals surface area contributed by atoms with Crippen LogP contribution in [0.15, 0.2) is 54.6 Å². The molecule has 2 aromatic carbocycles. The highest BCUT2D eigenvalue weighted by Crippen LogP contribution is 2.26. The Morgan fingerprint density at radius 3 is 2.34 bits per heavy atom. The van der Waals surface area contributed by atoms with E-state index in [9.17, 15) is 29.1 Å². The monoisotopic (exact) mass is 564 g/mol. The third-order valence-electron chi connectivity index (χ3n) is 7.31. The van der Waals surface area contributed by atoms with Crippen LogP contribution in [0.2, 0.25) is 0 Å². The van der Waals surface area contributed by atoms with Crippen LogP contribution in [0.25, 0.3) is 0 Å². The average Bonchev–Trinajstić information content (AvgIpc) is 3.36. The second-order valence-corrected chi connectivity index (χ2v) is 11.2. The van der Waals surface area contributed by atoms with E-state index in [-0.39, 0.29) is 55.0 Å². The van der Waals surface area contributed by atoms with E-state index in [1.54, 1.807) is 12.1 Å². The SMILES string of the molecule is CC(C)C[C@H](CC(=O)[C@H](Cc1ccc(O)cc1)NC(=O)OCc1ccccc1)C(=O)N[C@H](C=O)CC1CCCC1=O. The number of carbonyl (C=O) groups excluding carboxylic acids is 5. The number of Topliss-reactive ketones (excluding diaryl/α,β-unsaturated/α-hetero) is 2. The lowest BCUT2D eigenvalue weighted by molar-refractivity contribution is -0.132. The van der Waals surface area contributed by atoms with Crippen molar-refractivity contribution in [2.45, 2.75) is 77.5 Å². The van der Waals surface area contributed by atoms with Crippen LogP contribution in [0, 0.1) is 17.8 Å². The maximum absolute atomic E-state index is 13.6. The van der Waals surface area contributed by atoms with Crippen LogP contribution in [0.4, 0.5) is 4.79 Å². The smallest absolute Gasteiger partial charge is 0.408 e. The molecule has 0 heterocycles. The van der Waals surface area contributed by atoms with Gasteiger partial charge in [0.05, 0.1) is 12.1 Å². The van der Waals surface area contributed by atoms with Crippen molar-refractivity contribution in [2.24, 2.45) is 17.8 Å². The first-order valence-electron chi connectivity index (χ1n) is 14.2. The van der Waals surface area contributed by atoms with Crippen LogP contribution in [0.5, 0.6) is 5.75 Å². The molecule has 220 valence electrons. The number of hydrogen-bond acceptors (Lipinski definition) is 7. The van der Waals surface area contributed by atoms with Gasteiger partial charge in [-0.2, -0.15) is 0 Å². The van der Waals surface area contributed by atoms with E-state index in [2.05, 4.69) is 10.6 Å². The van der Waals surface area contributed by atoms with E-state index in [0.717, 1.165) is 12.0 Å². The summed E-state index contributed by atoms with van der Waals surface area (Å²) >= 11 is 0. The summed E-state index contributed by atoms with van der Waals surface area (Å²) in [6.07, 6.45) is 2.51. The van der Waals surface area contributed by atoms with Crippen LogP contribution in [-0.2, 0) is 36.9 Å². The first kappa shape index (κ1) is 31.5. The maximum Gasteiger partial charge on any atom is 0.408 e. The summed E-state index contributed by atoms with van der Waals surface area (Å²) < 4.78 is 5.33. The molecule has 1 unspecified atom stereocenters. The molecular formula is C32H40N2O7. The zero-order chi connectivity index (χ0) is 29.8. The highest BCUT2D eigenvalue weighted by atomic mass is 16.5. The molecule has 0 aliphatic heterocycles. The number of phenolic OH excluding ortho intramolecular Hbond substituents is 1. The molecule has 41 heavy (non-hydrogen) atoms. The van der Waals surface area contributed by atoms with Crippen molar-refractivity contribution in [1.29, 1.82) is 0 Å². The van der Waals surface area contributed by atoms with Gasteiger partial charge in [-0.05, 0) is 61.3 Å². The number of rotatable bonds is 15. The maximum atomic E-state index is 13.6. The quantitative estimate of drug-likeness (QED) is 0.274. The van der Waals surface area contributed by atoms with Gasteiger partial charge in [0.2, 0.25) is 5.91 Å². The summed E-state index contributed by atoms with van der Waals surface area (Å²) in [6.45, 7) is 3.90. The number of amides is 2. The van der Waals surface area contributed by atoms with Gasteiger partial charge < -0.3 is 25.3 Å². The molecule has 3 rings (SSSR count). The van der Waals surface area contributed by atoms with E-state index in [1.807, 2.05) is 44.2 Å². The van der Waals surface area contributed by atoms with Gasteiger partial charge in [-0.3, -0.25) is 14.4 Å². The van der Waals surface area contributed by atoms with Crippen LogP contribution in [-0.4, -0.2) is 47.0 Å². The molecule has 1 fully saturated rings. The Balaban J connectivity index is 1.70. The summed E-state index contributed by atoms with van der Waals surface area (Å²) in [5.74, 6) is -1.48. The topological polar surface area (TPSA) is 139 Å². The number of aromatic hydroxyl groups is 1. The Hall–Kier alpha value is -4.01. The number of alkyl carbamates (subject to hydrolysis) is 1. The zero-order valence-electron chi connectivity index (χ0n) is 23.7. The molecule has 9 heteroatoms. The van der Waals surface area contributed by atoms with Crippen LogP contribution in [0.1, 0.15) is 63.5 Å². The second kappa shape index (κ2) is 15.7. The lowest BCUT2D eigenvalue weighted by atomic mass is 9.88. The van der Waals surface area contributed by atoms with Gasteiger partial charge in [0, 0.05) is 24.7 Å². The number of aldehydes is 1. The summed E-state index contributed by atoms with van der Waals surface area (Å²) in [5, 5.41) is 15.0. The van der Waals surface area contributed by atoms with Gasteiger partial charge >= 0.3 is 6.09 Å². The number of ether oxygens (including phenoxy) is 1. The largest absolute Gasteiger partial charge is 0.508 e. The average molecular weight is 565 g/mol. The molecule has 0 saturated heterocycles. The van der Waals surface area contributed by atoms with Gasteiger partial charge in [0.1, 0.15) is 24.4 Å². The molecule has 1 aliphatic carbocycles. The van der Waals surface area contributed by atoms with Crippen molar-refractivity contribution in [3.05, 3.63) is 65.7 Å². The molecule has 0 spiro atoms. The molecule has 4 atom stereocenters. The minimum atomic E-state index is -0.983. The Morgan fingerprint density at radius 2 is 1.73 bits per heavy atom. The van der Waals surface area contributed by atoms with Crippen molar-refractivity contribution in [3.8, 4) is 5.75 Å². The predicted molar refractivity (Wildman–Crippen MR) is 153 cm³/mol. The first-order valence-corrected chi connectivity index (χ1v) is 14.2. The molecule has 0 radical (unpaired) electrons. The van der Waals surface area contributed by atoms with Gasteiger partial charge in [0.15, 0.2) is 5.78 Å². The molecule has 2 aromatic rings. The first-order chi connectivity index (χ1) is 19.6. The third kappa shape index (κ3) is 10.5. The highest BCUT2D eigenvalue weighted by molar-refractivity contribution is 5.92. The number of carbonyl (C=O) groups is 5. The van der Waals surface area contributed by atoms with Gasteiger partial charge in [-0.1, -0.05) is 56.3 Å². The number of phenols is 1. The lowest BCUT2D eigenvalue weighted by Crippen LogP contribution is -2.46. The van der Waals surface area contributed by atoms with Gasteiger partial charge in [-0.25, -0.2) is 4.79 Å². The third-order valence-corrected chi connectivity index (χ3v) is 7.31. The standard InChI is InChI=1S/C32H40N2O7/c1-21(2)15-25(31(39)33-26(19-35)17-24-9-6-10-29(24)37)18-30(38)28(16-22-11-13-27(36)14-12-22)34-32(40)41-20-23-7-4-3-5-8-23/h3-5,7-8,11-14,19,21,24-26,28,36H,6,9-10,15-18,20H2,1-2H3,(H,33,39)(H,34,40)/t24?,25-,26+,28+/m1/s1. The molecule has 1 saturated carbocycles. The zero-order valence-corrected chi connectivity index (χ0v) is 23.7. The number of benzene rings is 2. The molecule has 1 aliphatic rings. The molecule has 0 bridgehead atoms. The van der Waals surface area contributed by atoms with E-state index < -0.39 is 30.0 Å². The Labute approximate surface area is 241 Å². The Morgan fingerprint density at radius 1 is 1.02 bits per heavy atom. The molecule has 2 amide bonds. The second-order valence-electron chi connectivity index (χ2n) is 11.2. The molecule has 3 N–H and O–H groups in total. The van der Waals surface area contributed by atoms with Crippen LogP contribution < -0.4 is 10.6 Å². The Bertz CT molecular complexity index is 1180. The fraction of sp³-hybridized carbons (Fsp3) is 0.469. The van der Waals surface area contributed by atoms with Crippen LogP contribution in [0.3, 0.4) is 0 Å². The number of hydrogen-bond donors (Lipinski definition) is 3. The lowest BCUT2D eigenvalue weighted by Gasteiger charge is -2.24. The minimum absolute atomic E-state index is 0.0295. The van der Waals surface area contributed by atoms with E-state index in [1.165, 1.54) is 12.1 Å².